The quantitative estimate of drug-likeness (QED) is 0.0222. The van der Waals surface area contributed by atoms with E-state index in [2.05, 4.69) is 55.4 Å². The molecule has 19 heteroatoms. The van der Waals surface area contributed by atoms with E-state index in [0.29, 0.717) is 31.6 Å². The van der Waals surface area contributed by atoms with Crippen molar-refractivity contribution in [3.05, 3.63) is 0 Å². The maximum atomic E-state index is 13.1. The Hall–Kier alpha value is -1.94. The molecule has 0 rings (SSSR count). The van der Waals surface area contributed by atoms with Crippen molar-refractivity contribution in [1.82, 2.24) is 0 Å². The normalized spacial score (nSPS) is 14.5. The fourth-order valence-electron chi connectivity index (χ4n) is 12.5. The van der Waals surface area contributed by atoms with Gasteiger partial charge in [-0.3, -0.25) is 37.3 Å². The number of carbonyl (C=O) groups excluding carboxylic acids is 4. The van der Waals surface area contributed by atoms with Crippen molar-refractivity contribution in [1.29, 1.82) is 0 Å². The van der Waals surface area contributed by atoms with Crippen LogP contribution in [0.15, 0.2) is 0 Å². The van der Waals surface area contributed by atoms with Gasteiger partial charge < -0.3 is 33.8 Å². The molecule has 0 heterocycles. The number of esters is 4. The molecule has 0 aromatic heterocycles. The van der Waals surface area contributed by atoms with E-state index < -0.39 is 97.5 Å². The van der Waals surface area contributed by atoms with Crippen LogP contribution in [-0.2, 0) is 65.4 Å². The van der Waals surface area contributed by atoms with Gasteiger partial charge in [0.2, 0.25) is 0 Å². The first kappa shape index (κ1) is 99.1. The Kier molecular flexibility index (Phi) is 69.6. The Balaban J connectivity index is 5.15. The third kappa shape index (κ3) is 73.4. The van der Waals surface area contributed by atoms with Crippen LogP contribution in [0.5, 0.6) is 0 Å². The van der Waals surface area contributed by atoms with Crippen LogP contribution in [0.4, 0.5) is 0 Å². The van der Waals surface area contributed by atoms with E-state index in [1.807, 2.05) is 0 Å². The Labute approximate surface area is 619 Å². The molecule has 0 spiro atoms. The number of aliphatic hydroxyl groups excluding tert-OH is 1. The van der Waals surface area contributed by atoms with E-state index in [1.165, 1.54) is 218 Å². The number of hydrogen-bond donors (Lipinski definition) is 3. The molecule has 0 saturated carbocycles. The largest absolute Gasteiger partial charge is 0.472 e. The summed E-state index contributed by atoms with van der Waals surface area (Å²) in [6.45, 7) is 14.3. The first-order valence-corrected chi connectivity index (χ1v) is 45.3. The van der Waals surface area contributed by atoms with Gasteiger partial charge in [-0.1, -0.05) is 370 Å². The van der Waals surface area contributed by atoms with E-state index in [4.69, 9.17) is 37.0 Å². The molecule has 0 saturated heterocycles. The molecule has 0 aliphatic rings. The minimum atomic E-state index is -4.96. The van der Waals surface area contributed by atoms with Gasteiger partial charge in [0, 0.05) is 25.7 Å². The molecule has 0 radical (unpaired) electrons. The van der Waals surface area contributed by atoms with Crippen LogP contribution >= 0.6 is 15.6 Å². The maximum absolute atomic E-state index is 13.1. The number of phosphoric acid groups is 2. The van der Waals surface area contributed by atoms with Crippen molar-refractivity contribution < 1.29 is 80.2 Å². The van der Waals surface area contributed by atoms with Gasteiger partial charge in [-0.25, -0.2) is 9.13 Å². The highest BCUT2D eigenvalue weighted by Gasteiger charge is 2.30. The van der Waals surface area contributed by atoms with Crippen LogP contribution < -0.4 is 0 Å². The zero-order chi connectivity index (χ0) is 74.6. The monoisotopic (exact) mass is 1480 g/mol. The summed E-state index contributed by atoms with van der Waals surface area (Å²) in [5, 5.41) is 10.6. The molecule has 17 nitrogen and oxygen atoms in total. The van der Waals surface area contributed by atoms with Crippen LogP contribution in [0.3, 0.4) is 0 Å². The maximum Gasteiger partial charge on any atom is 0.472 e. The molecule has 600 valence electrons. The Morgan fingerprint density at radius 2 is 0.475 bits per heavy atom. The molecule has 101 heavy (non-hydrogen) atoms. The summed E-state index contributed by atoms with van der Waals surface area (Å²) in [7, 11) is -9.92. The second-order valence-electron chi connectivity index (χ2n) is 31.0. The van der Waals surface area contributed by atoms with Gasteiger partial charge in [0.05, 0.1) is 26.4 Å². The van der Waals surface area contributed by atoms with Gasteiger partial charge in [0.1, 0.15) is 19.3 Å². The molecule has 0 aliphatic carbocycles. The summed E-state index contributed by atoms with van der Waals surface area (Å²) < 4.78 is 68.7. The second kappa shape index (κ2) is 71.0. The molecule has 7 atom stereocenters. The van der Waals surface area contributed by atoms with Crippen molar-refractivity contribution in [2.75, 3.05) is 39.6 Å². The number of rotatable bonds is 79. The van der Waals surface area contributed by atoms with E-state index >= 15 is 0 Å². The predicted molar refractivity (Wildman–Crippen MR) is 414 cm³/mol. The molecule has 4 unspecified atom stereocenters. The van der Waals surface area contributed by atoms with Crippen molar-refractivity contribution in [3.8, 4) is 0 Å². The zero-order valence-electron chi connectivity index (χ0n) is 66.5. The lowest BCUT2D eigenvalue weighted by Crippen LogP contribution is -2.30. The lowest BCUT2D eigenvalue weighted by Gasteiger charge is -2.21. The molecule has 0 bridgehead atoms. The van der Waals surface area contributed by atoms with Crippen molar-refractivity contribution >= 4 is 39.5 Å². The second-order valence-corrected chi connectivity index (χ2v) is 33.9. The first-order chi connectivity index (χ1) is 48.7. The molecular formula is C82H160O17P2. The molecule has 3 N–H and O–H groups in total. The van der Waals surface area contributed by atoms with Crippen LogP contribution in [-0.4, -0.2) is 96.7 Å². The zero-order valence-corrected chi connectivity index (χ0v) is 68.3. The standard InChI is InChI=1S/C82H160O17P2/c1-9-74(7)60-52-44-36-29-25-21-17-13-11-12-14-18-22-26-30-37-46-54-62-79(84)92-68-77(99-82(87)65-57-49-39-33-32-35-43-51-59-73(5)6)70-96-100(88,89)94-66-76(83)67-95-101(90,91)97-71-78(69-93-80(85)63-55-47-41-40-45-53-61-75(8)10-2)98-81(86)64-56-48-38-31-27-23-19-15-16-20-24-28-34-42-50-58-72(3)4/h72-78,83H,9-71H2,1-8H3,(H,88,89)(H,90,91)/t74?,75?,76-,77-,78-/m1/s1. The molecule has 0 aromatic carbocycles. The van der Waals surface area contributed by atoms with Crippen molar-refractivity contribution in [3.63, 3.8) is 0 Å². The van der Waals surface area contributed by atoms with Crippen molar-refractivity contribution in [2.45, 2.75) is 440 Å². The van der Waals surface area contributed by atoms with E-state index in [1.54, 1.807) is 0 Å². The number of unbranched alkanes of at least 4 members (excludes halogenated alkanes) is 43. The smallest absolute Gasteiger partial charge is 0.462 e. The summed E-state index contributed by atoms with van der Waals surface area (Å²) in [4.78, 5) is 73.0. The van der Waals surface area contributed by atoms with E-state index in [0.717, 1.165) is 114 Å². The van der Waals surface area contributed by atoms with Crippen LogP contribution in [0.2, 0.25) is 0 Å². The number of carbonyl (C=O) groups is 4. The summed E-state index contributed by atoms with van der Waals surface area (Å²) >= 11 is 0. The fourth-order valence-corrected chi connectivity index (χ4v) is 14.1. The lowest BCUT2D eigenvalue weighted by atomic mass is 9.99. The van der Waals surface area contributed by atoms with Crippen molar-refractivity contribution in [2.24, 2.45) is 23.7 Å². The van der Waals surface area contributed by atoms with Crippen LogP contribution in [0.25, 0.3) is 0 Å². The number of hydrogen-bond acceptors (Lipinski definition) is 15. The van der Waals surface area contributed by atoms with Gasteiger partial charge in [-0.05, 0) is 49.4 Å². The summed E-state index contributed by atoms with van der Waals surface area (Å²) in [6, 6.07) is 0. The van der Waals surface area contributed by atoms with Crippen LogP contribution in [0, 0.1) is 23.7 Å². The van der Waals surface area contributed by atoms with Gasteiger partial charge in [-0.15, -0.1) is 0 Å². The van der Waals surface area contributed by atoms with Gasteiger partial charge in [-0.2, -0.15) is 0 Å². The highest BCUT2D eigenvalue weighted by molar-refractivity contribution is 7.47. The number of aliphatic hydroxyl groups is 1. The Morgan fingerprint density at radius 1 is 0.277 bits per heavy atom. The van der Waals surface area contributed by atoms with Gasteiger partial charge >= 0.3 is 39.5 Å². The Morgan fingerprint density at radius 3 is 0.703 bits per heavy atom. The van der Waals surface area contributed by atoms with Crippen LogP contribution in [0.1, 0.15) is 421 Å². The summed E-state index contributed by atoms with van der Waals surface area (Å²) in [5.74, 6) is 1.01. The lowest BCUT2D eigenvalue weighted by molar-refractivity contribution is -0.161. The van der Waals surface area contributed by atoms with E-state index in [9.17, 15) is 43.2 Å². The average Bonchev–Trinajstić information content (AvgIpc) is 0.921. The highest BCUT2D eigenvalue weighted by Crippen LogP contribution is 2.45. The van der Waals surface area contributed by atoms with E-state index in [-0.39, 0.29) is 25.7 Å². The number of phosphoric ester groups is 2. The molecular weight excluding hydrogens is 1320 g/mol. The highest BCUT2D eigenvalue weighted by atomic mass is 31.2. The topological polar surface area (TPSA) is 237 Å². The average molecular weight is 1480 g/mol. The summed E-state index contributed by atoms with van der Waals surface area (Å²) in [6.07, 6.45) is 58.5. The van der Waals surface area contributed by atoms with Gasteiger partial charge in [0.25, 0.3) is 0 Å². The molecule has 0 aromatic rings. The minimum absolute atomic E-state index is 0.105. The predicted octanol–water partition coefficient (Wildman–Crippen LogP) is 24.4. The summed E-state index contributed by atoms with van der Waals surface area (Å²) in [5.41, 5.74) is 0. The molecule has 0 fully saturated rings. The Bertz CT molecular complexity index is 1980. The van der Waals surface area contributed by atoms with Gasteiger partial charge in [0.15, 0.2) is 12.2 Å². The first-order valence-electron chi connectivity index (χ1n) is 42.3. The SMILES string of the molecule is CCC(C)CCCCCCCCCCCCCCCCCCCCC(=O)OC[C@H](COP(=O)(O)OC[C@@H](O)COP(=O)(O)OC[C@@H](COC(=O)CCCCCCCCC(C)CC)OC(=O)CCCCCCCCCCCCCCCCCC(C)C)OC(=O)CCCCCCCCCCC(C)C. The minimum Gasteiger partial charge on any atom is -0.462 e. The third-order valence-electron chi connectivity index (χ3n) is 19.8. The molecule has 0 aliphatic heterocycles. The number of ether oxygens (including phenoxy) is 4. The third-order valence-corrected chi connectivity index (χ3v) is 21.7. The fraction of sp³-hybridized carbons (Fsp3) is 0.951. The molecule has 0 amide bonds.